The third kappa shape index (κ3) is 8.10. The highest BCUT2D eigenvalue weighted by Crippen LogP contribution is 2.07. The lowest BCUT2D eigenvalue weighted by Gasteiger charge is -2.37. The summed E-state index contributed by atoms with van der Waals surface area (Å²) in [6, 6.07) is 8.16. The van der Waals surface area contributed by atoms with E-state index in [1.807, 2.05) is 24.3 Å². The molecule has 1 atom stereocenters. The predicted octanol–water partition coefficient (Wildman–Crippen LogP) is 1.70. The van der Waals surface area contributed by atoms with Crippen molar-refractivity contribution < 1.29 is 4.79 Å². The van der Waals surface area contributed by atoms with Crippen molar-refractivity contribution in [3.63, 3.8) is 0 Å². The van der Waals surface area contributed by atoms with E-state index in [1.54, 1.807) is 26.0 Å². The van der Waals surface area contributed by atoms with E-state index in [2.05, 4.69) is 39.3 Å². The highest BCUT2D eigenvalue weighted by atomic mass is 127. The third-order valence-corrected chi connectivity index (χ3v) is 5.33. The molecule has 0 bridgehead atoms. The van der Waals surface area contributed by atoms with Crippen LogP contribution in [-0.2, 0) is 6.54 Å². The summed E-state index contributed by atoms with van der Waals surface area (Å²) >= 11 is 0. The van der Waals surface area contributed by atoms with Gasteiger partial charge in [0, 0.05) is 72.0 Å². The molecule has 7 nitrogen and oxygen atoms in total. The fraction of sp³-hybridized carbons (Fsp3) is 0.619. The van der Waals surface area contributed by atoms with Gasteiger partial charge in [0.05, 0.1) is 0 Å². The number of aliphatic imine (C=N–C) groups is 1. The van der Waals surface area contributed by atoms with Crippen LogP contribution in [0.3, 0.4) is 0 Å². The number of carbonyl (C=O) groups is 1. The van der Waals surface area contributed by atoms with Crippen LogP contribution in [0.1, 0.15) is 29.8 Å². The second kappa shape index (κ2) is 13.0. The molecular formula is C21H37IN6O. The summed E-state index contributed by atoms with van der Waals surface area (Å²) in [5.74, 6) is 0.818. The summed E-state index contributed by atoms with van der Waals surface area (Å²) in [6.45, 7) is 11.7. The first-order valence-electron chi connectivity index (χ1n) is 10.2. The maximum atomic E-state index is 12.0. The van der Waals surface area contributed by atoms with Gasteiger partial charge in [-0.1, -0.05) is 19.1 Å². The van der Waals surface area contributed by atoms with Crippen LogP contribution < -0.4 is 10.6 Å². The van der Waals surface area contributed by atoms with E-state index in [-0.39, 0.29) is 29.9 Å². The number of benzene rings is 1. The maximum absolute atomic E-state index is 12.0. The van der Waals surface area contributed by atoms with E-state index < -0.39 is 0 Å². The molecule has 0 aliphatic carbocycles. The third-order valence-electron chi connectivity index (χ3n) is 5.33. The van der Waals surface area contributed by atoms with Crippen LogP contribution in [0.2, 0.25) is 0 Å². The summed E-state index contributed by atoms with van der Waals surface area (Å²) in [5, 5.41) is 6.78. The second-order valence-corrected chi connectivity index (χ2v) is 7.52. The van der Waals surface area contributed by atoms with Crippen molar-refractivity contribution >= 4 is 35.8 Å². The Morgan fingerprint density at radius 2 is 1.76 bits per heavy atom. The molecule has 0 spiro atoms. The molecule has 8 heteroatoms. The van der Waals surface area contributed by atoms with Gasteiger partial charge >= 0.3 is 0 Å². The van der Waals surface area contributed by atoms with E-state index in [0.717, 1.165) is 50.8 Å². The lowest BCUT2D eigenvalue weighted by atomic mass is 10.1. The Morgan fingerprint density at radius 1 is 1.14 bits per heavy atom. The molecule has 2 rings (SSSR count). The van der Waals surface area contributed by atoms with Crippen molar-refractivity contribution in [3.8, 4) is 0 Å². The standard InChI is InChI=1S/C21H36N6O.HI/c1-6-26-11-13-27(14-12-26)17(2)15-23-21(22-3)24-16-18-7-9-19(10-8-18)20(28)25(4)5;/h7-10,17H,6,11-16H2,1-5H3,(H2,22,23,24);1H. The van der Waals surface area contributed by atoms with Crippen LogP contribution in [-0.4, -0.2) is 93.0 Å². The molecule has 0 saturated carbocycles. The molecule has 1 unspecified atom stereocenters. The van der Waals surface area contributed by atoms with Crippen molar-refractivity contribution in [1.82, 2.24) is 25.3 Å². The Balaban J connectivity index is 0.00000420. The van der Waals surface area contributed by atoms with E-state index in [0.29, 0.717) is 18.2 Å². The van der Waals surface area contributed by atoms with Crippen LogP contribution in [0.4, 0.5) is 0 Å². The van der Waals surface area contributed by atoms with E-state index in [4.69, 9.17) is 0 Å². The molecule has 1 amide bonds. The van der Waals surface area contributed by atoms with Gasteiger partial charge in [0.15, 0.2) is 5.96 Å². The fourth-order valence-electron chi connectivity index (χ4n) is 3.32. The lowest BCUT2D eigenvalue weighted by Crippen LogP contribution is -2.53. The molecule has 1 aromatic rings. The molecule has 1 aromatic carbocycles. The zero-order chi connectivity index (χ0) is 20.5. The number of nitrogens with zero attached hydrogens (tertiary/aromatic N) is 4. The van der Waals surface area contributed by atoms with Crippen molar-refractivity contribution in [2.45, 2.75) is 26.4 Å². The number of halogens is 1. The summed E-state index contributed by atoms with van der Waals surface area (Å²) in [6.07, 6.45) is 0. The van der Waals surface area contributed by atoms with Gasteiger partial charge in [-0.2, -0.15) is 0 Å². The number of amides is 1. The van der Waals surface area contributed by atoms with Crippen LogP contribution >= 0.6 is 24.0 Å². The predicted molar refractivity (Wildman–Crippen MR) is 131 cm³/mol. The van der Waals surface area contributed by atoms with Crippen LogP contribution in [0.5, 0.6) is 0 Å². The van der Waals surface area contributed by atoms with Gasteiger partial charge in [0.1, 0.15) is 0 Å². The summed E-state index contributed by atoms with van der Waals surface area (Å²) in [7, 11) is 5.31. The monoisotopic (exact) mass is 516 g/mol. The normalized spacial score (nSPS) is 16.7. The Hall–Kier alpha value is -1.39. The molecule has 1 aliphatic rings. The number of rotatable bonds is 7. The van der Waals surface area contributed by atoms with Gasteiger partial charge in [0.2, 0.25) is 0 Å². The highest BCUT2D eigenvalue weighted by molar-refractivity contribution is 14.0. The van der Waals surface area contributed by atoms with Crippen molar-refractivity contribution in [3.05, 3.63) is 35.4 Å². The van der Waals surface area contributed by atoms with Gasteiger partial charge in [-0.05, 0) is 31.2 Å². The van der Waals surface area contributed by atoms with Gasteiger partial charge < -0.3 is 20.4 Å². The molecule has 1 heterocycles. The molecule has 164 valence electrons. The minimum absolute atomic E-state index is 0. The minimum Gasteiger partial charge on any atom is -0.355 e. The number of guanidine groups is 1. The zero-order valence-electron chi connectivity index (χ0n) is 18.4. The van der Waals surface area contributed by atoms with E-state index >= 15 is 0 Å². The first-order chi connectivity index (χ1) is 13.4. The molecule has 0 radical (unpaired) electrons. The fourth-order valence-corrected chi connectivity index (χ4v) is 3.32. The number of piperazine rings is 1. The molecule has 29 heavy (non-hydrogen) atoms. The average molecular weight is 516 g/mol. The van der Waals surface area contributed by atoms with Crippen molar-refractivity contribution in [2.75, 3.05) is 60.4 Å². The minimum atomic E-state index is 0. The van der Waals surface area contributed by atoms with Gasteiger partial charge in [-0.25, -0.2) is 0 Å². The molecule has 1 aliphatic heterocycles. The first-order valence-corrected chi connectivity index (χ1v) is 10.2. The Morgan fingerprint density at radius 3 is 2.28 bits per heavy atom. The Kier molecular flexibility index (Phi) is 11.5. The largest absolute Gasteiger partial charge is 0.355 e. The highest BCUT2D eigenvalue weighted by Gasteiger charge is 2.20. The maximum Gasteiger partial charge on any atom is 0.253 e. The summed E-state index contributed by atoms with van der Waals surface area (Å²) in [4.78, 5) is 22.9. The molecule has 1 saturated heterocycles. The number of likely N-dealkylation sites (N-methyl/N-ethyl adjacent to an activating group) is 1. The molecule has 1 fully saturated rings. The average Bonchev–Trinajstić information content (AvgIpc) is 2.73. The van der Waals surface area contributed by atoms with Gasteiger partial charge in [-0.15, -0.1) is 24.0 Å². The Labute approximate surface area is 192 Å². The summed E-state index contributed by atoms with van der Waals surface area (Å²) in [5.41, 5.74) is 1.82. The number of hydrogen-bond acceptors (Lipinski definition) is 4. The van der Waals surface area contributed by atoms with Crippen molar-refractivity contribution in [1.29, 1.82) is 0 Å². The van der Waals surface area contributed by atoms with Gasteiger partial charge in [-0.3, -0.25) is 14.7 Å². The van der Waals surface area contributed by atoms with Crippen LogP contribution in [0, 0.1) is 0 Å². The first kappa shape index (κ1) is 25.6. The van der Waals surface area contributed by atoms with Crippen LogP contribution in [0.15, 0.2) is 29.3 Å². The van der Waals surface area contributed by atoms with Crippen molar-refractivity contribution in [2.24, 2.45) is 4.99 Å². The lowest BCUT2D eigenvalue weighted by molar-refractivity contribution is 0.0827. The van der Waals surface area contributed by atoms with Gasteiger partial charge in [0.25, 0.3) is 5.91 Å². The molecule has 0 aromatic heterocycles. The smallest absolute Gasteiger partial charge is 0.253 e. The summed E-state index contributed by atoms with van der Waals surface area (Å²) < 4.78 is 0. The van der Waals surface area contributed by atoms with Crippen LogP contribution in [0.25, 0.3) is 0 Å². The SMILES string of the molecule is CCN1CCN(C(C)CNC(=NC)NCc2ccc(C(=O)N(C)C)cc2)CC1.I. The Bertz CT molecular complexity index is 641. The number of hydrogen-bond donors (Lipinski definition) is 2. The van der Waals surface area contributed by atoms with E-state index in [9.17, 15) is 4.79 Å². The quantitative estimate of drug-likeness (QED) is 0.328. The molecule has 2 N–H and O–H groups in total. The second-order valence-electron chi connectivity index (χ2n) is 7.52. The topological polar surface area (TPSA) is 63.2 Å². The number of carbonyl (C=O) groups excluding carboxylic acids is 1. The van der Waals surface area contributed by atoms with E-state index in [1.165, 1.54) is 0 Å². The zero-order valence-corrected chi connectivity index (χ0v) is 20.8. The number of nitrogens with one attached hydrogen (secondary N) is 2. The molecular weight excluding hydrogens is 479 g/mol.